The second-order valence-corrected chi connectivity index (χ2v) is 7.22. The zero-order chi connectivity index (χ0) is 20.7. The fourth-order valence-corrected chi connectivity index (χ4v) is 3.67. The Labute approximate surface area is 177 Å². The molecule has 0 aliphatic heterocycles. The van der Waals surface area contributed by atoms with Gasteiger partial charge in [0.25, 0.3) is 0 Å². The minimum Gasteiger partial charge on any atom is -0.504 e. The molecule has 0 radical (unpaired) electrons. The van der Waals surface area contributed by atoms with Gasteiger partial charge in [0.05, 0.1) is 6.61 Å². The third-order valence-corrected chi connectivity index (χ3v) is 5.16. The molecule has 0 fully saturated rings. The average Bonchev–Trinajstić information content (AvgIpc) is 3.21. The van der Waals surface area contributed by atoms with Gasteiger partial charge in [-0.2, -0.15) is 0 Å². The molecule has 7 heteroatoms. The predicted molar refractivity (Wildman–Crippen MR) is 117 cm³/mol. The van der Waals surface area contributed by atoms with Crippen molar-refractivity contribution < 1.29 is 9.84 Å². The van der Waals surface area contributed by atoms with Gasteiger partial charge >= 0.3 is 0 Å². The lowest BCUT2D eigenvalue weighted by Gasteiger charge is -2.10. The normalized spacial score (nSPS) is 11.3. The Morgan fingerprint density at radius 3 is 2.57 bits per heavy atom. The van der Waals surface area contributed by atoms with Gasteiger partial charge in [-0.3, -0.25) is 4.40 Å². The molecule has 0 aliphatic carbocycles. The Bertz CT molecular complexity index is 1380. The van der Waals surface area contributed by atoms with Crippen LogP contribution in [0, 0.1) is 0 Å². The summed E-state index contributed by atoms with van der Waals surface area (Å²) in [4.78, 5) is 4.57. The number of aromatic hydroxyl groups is 1. The summed E-state index contributed by atoms with van der Waals surface area (Å²) in [5.74, 6) is 1.10. The van der Waals surface area contributed by atoms with Gasteiger partial charge in [0.15, 0.2) is 23.0 Å². The molecule has 30 heavy (non-hydrogen) atoms. The van der Waals surface area contributed by atoms with Crippen LogP contribution in [0.5, 0.6) is 11.5 Å². The molecule has 5 aromatic rings. The monoisotopic (exact) mass is 416 g/mol. The number of hydrogen-bond donors (Lipinski definition) is 1. The third kappa shape index (κ3) is 3.02. The topological polar surface area (TPSA) is 72.5 Å². The van der Waals surface area contributed by atoms with Crippen molar-refractivity contribution in [2.75, 3.05) is 6.61 Å². The molecule has 0 bridgehead atoms. The highest BCUT2D eigenvalue weighted by Gasteiger charge is 2.18. The van der Waals surface area contributed by atoms with Gasteiger partial charge in [0.1, 0.15) is 5.65 Å². The van der Waals surface area contributed by atoms with Crippen LogP contribution >= 0.6 is 11.6 Å². The van der Waals surface area contributed by atoms with Crippen LogP contribution in [0.15, 0.2) is 66.9 Å². The van der Waals surface area contributed by atoms with Crippen LogP contribution < -0.4 is 4.74 Å². The molecule has 0 saturated carbocycles. The molecule has 5 rings (SSSR count). The van der Waals surface area contributed by atoms with E-state index >= 15 is 0 Å². The van der Waals surface area contributed by atoms with Gasteiger partial charge in [0, 0.05) is 27.7 Å². The van der Waals surface area contributed by atoms with Crippen molar-refractivity contribution in [3.8, 4) is 34.0 Å². The highest BCUT2D eigenvalue weighted by Crippen LogP contribution is 2.35. The third-order valence-electron chi connectivity index (χ3n) is 4.91. The number of fused-ring (bicyclic) bond motifs is 3. The summed E-state index contributed by atoms with van der Waals surface area (Å²) in [5.41, 5.74) is 4.11. The molecule has 0 amide bonds. The second kappa shape index (κ2) is 7.31. The van der Waals surface area contributed by atoms with E-state index in [2.05, 4.69) is 21.2 Å². The quantitative estimate of drug-likeness (QED) is 0.426. The molecular formula is C23H17ClN4O2. The number of rotatable bonds is 4. The second-order valence-electron chi connectivity index (χ2n) is 6.78. The van der Waals surface area contributed by atoms with E-state index in [0.29, 0.717) is 28.9 Å². The van der Waals surface area contributed by atoms with E-state index in [1.54, 1.807) is 24.4 Å². The van der Waals surface area contributed by atoms with Crippen molar-refractivity contribution in [1.29, 1.82) is 0 Å². The fourth-order valence-electron chi connectivity index (χ4n) is 3.54. The van der Waals surface area contributed by atoms with Gasteiger partial charge < -0.3 is 9.84 Å². The summed E-state index contributed by atoms with van der Waals surface area (Å²) in [6.07, 6.45) is 1.75. The molecule has 0 saturated heterocycles. The molecule has 3 aromatic heterocycles. The Kier molecular flexibility index (Phi) is 4.48. The van der Waals surface area contributed by atoms with Crippen molar-refractivity contribution in [1.82, 2.24) is 19.6 Å². The van der Waals surface area contributed by atoms with Crippen molar-refractivity contribution in [2.24, 2.45) is 0 Å². The average molecular weight is 417 g/mol. The Balaban J connectivity index is 1.81. The number of pyridine rings is 2. The maximum atomic E-state index is 10.1. The maximum absolute atomic E-state index is 10.1. The first kappa shape index (κ1) is 18.4. The molecular weight excluding hydrogens is 400 g/mol. The van der Waals surface area contributed by atoms with Crippen molar-refractivity contribution in [3.05, 3.63) is 71.9 Å². The van der Waals surface area contributed by atoms with Gasteiger partial charge in [-0.1, -0.05) is 23.7 Å². The number of phenolic OH excluding ortho intramolecular Hbond substituents is 1. The number of halogens is 1. The predicted octanol–water partition coefficient (Wildman–Crippen LogP) is 5.37. The lowest BCUT2D eigenvalue weighted by atomic mass is 10.1. The van der Waals surface area contributed by atoms with Crippen LogP contribution in [0.2, 0.25) is 5.02 Å². The van der Waals surface area contributed by atoms with E-state index < -0.39 is 0 Å². The highest BCUT2D eigenvalue weighted by atomic mass is 35.5. The zero-order valence-corrected chi connectivity index (χ0v) is 16.8. The van der Waals surface area contributed by atoms with Gasteiger partial charge in [0.2, 0.25) is 0 Å². The molecule has 0 unspecified atom stereocenters. The number of hydrogen-bond acceptors (Lipinski definition) is 5. The molecule has 148 valence electrons. The first-order valence-electron chi connectivity index (χ1n) is 9.50. The van der Waals surface area contributed by atoms with Crippen molar-refractivity contribution >= 4 is 28.3 Å². The van der Waals surface area contributed by atoms with Crippen LogP contribution in [-0.4, -0.2) is 31.3 Å². The van der Waals surface area contributed by atoms with E-state index in [0.717, 1.165) is 27.7 Å². The maximum Gasteiger partial charge on any atom is 0.170 e. The highest BCUT2D eigenvalue weighted by molar-refractivity contribution is 6.30. The summed E-state index contributed by atoms with van der Waals surface area (Å²) in [6, 6.07) is 18.7. The van der Waals surface area contributed by atoms with Crippen molar-refractivity contribution in [3.63, 3.8) is 0 Å². The van der Waals surface area contributed by atoms with Gasteiger partial charge in [-0.25, -0.2) is 4.98 Å². The van der Waals surface area contributed by atoms with Crippen LogP contribution in [0.4, 0.5) is 0 Å². The minimum absolute atomic E-state index is 0.0826. The molecule has 2 aromatic carbocycles. The number of phenols is 1. The van der Waals surface area contributed by atoms with Crippen LogP contribution in [0.3, 0.4) is 0 Å². The standard InChI is InChI=1S/C23H17ClN4O2/c1-2-30-20-13-16(7-10-19(20)29)22-26-27-23-18(14-5-8-17(24)9-6-14)12-15-4-3-11-25-21(15)28(22)23/h3-13,29H,2H2,1H3. The smallest absolute Gasteiger partial charge is 0.170 e. The first-order valence-corrected chi connectivity index (χ1v) is 9.88. The minimum atomic E-state index is 0.0826. The summed E-state index contributed by atoms with van der Waals surface area (Å²) in [5, 5.41) is 20.6. The summed E-state index contributed by atoms with van der Waals surface area (Å²) in [6.45, 7) is 2.32. The van der Waals surface area contributed by atoms with E-state index in [4.69, 9.17) is 16.3 Å². The van der Waals surface area contributed by atoms with Crippen LogP contribution in [0.1, 0.15) is 6.92 Å². The number of nitrogens with zero attached hydrogens (tertiary/aromatic N) is 4. The Hall–Kier alpha value is -3.64. The van der Waals surface area contributed by atoms with Crippen LogP contribution in [0.25, 0.3) is 39.2 Å². The zero-order valence-electron chi connectivity index (χ0n) is 16.1. The van der Waals surface area contributed by atoms with E-state index in [1.807, 2.05) is 47.7 Å². The molecule has 3 heterocycles. The van der Waals surface area contributed by atoms with E-state index in [-0.39, 0.29) is 5.75 Å². The van der Waals surface area contributed by atoms with E-state index in [1.165, 1.54) is 0 Å². The Morgan fingerprint density at radius 2 is 1.77 bits per heavy atom. The SMILES string of the molecule is CCOc1cc(-c2nnc3c(-c4ccc(Cl)cc4)cc4cccnc4n23)ccc1O. The number of aromatic nitrogens is 4. The molecule has 0 aliphatic rings. The van der Waals surface area contributed by atoms with Gasteiger partial charge in [-0.05, 0) is 61.0 Å². The number of ether oxygens (including phenoxy) is 1. The summed E-state index contributed by atoms with van der Waals surface area (Å²) >= 11 is 6.07. The molecule has 1 N–H and O–H groups in total. The fraction of sp³-hybridized carbons (Fsp3) is 0.0870. The Morgan fingerprint density at radius 1 is 0.967 bits per heavy atom. The van der Waals surface area contributed by atoms with Gasteiger partial charge in [-0.15, -0.1) is 10.2 Å². The van der Waals surface area contributed by atoms with Crippen LogP contribution in [-0.2, 0) is 0 Å². The lowest BCUT2D eigenvalue weighted by Crippen LogP contribution is -1.97. The van der Waals surface area contributed by atoms with Crippen molar-refractivity contribution in [2.45, 2.75) is 6.92 Å². The number of benzene rings is 2. The lowest BCUT2D eigenvalue weighted by molar-refractivity contribution is 0.318. The van der Waals surface area contributed by atoms with E-state index in [9.17, 15) is 5.11 Å². The first-order chi connectivity index (χ1) is 14.7. The molecule has 6 nitrogen and oxygen atoms in total. The largest absolute Gasteiger partial charge is 0.504 e. The molecule has 0 spiro atoms. The summed E-state index contributed by atoms with van der Waals surface area (Å²) < 4.78 is 7.48. The molecule has 0 atom stereocenters. The summed E-state index contributed by atoms with van der Waals surface area (Å²) in [7, 11) is 0.